The highest BCUT2D eigenvalue weighted by atomic mass is 32.1. The number of hydrogen-bond donors (Lipinski definition) is 1. The molecule has 1 atom stereocenters. The predicted molar refractivity (Wildman–Crippen MR) is 106 cm³/mol. The van der Waals surface area contributed by atoms with Gasteiger partial charge in [0.05, 0.1) is 13.2 Å². The summed E-state index contributed by atoms with van der Waals surface area (Å²) in [5.41, 5.74) is 1.08. The maximum absolute atomic E-state index is 12.5. The second-order valence-electron chi connectivity index (χ2n) is 6.66. The second-order valence-corrected chi connectivity index (χ2v) is 7.64. The van der Waals surface area contributed by atoms with Gasteiger partial charge in [-0.25, -0.2) is 4.79 Å². The number of methoxy groups -OCH3 is 1. The van der Waals surface area contributed by atoms with Crippen LogP contribution in [0.15, 0.2) is 41.8 Å². The lowest BCUT2D eigenvalue weighted by atomic mass is 10.2. The van der Waals surface area contributed by atoms with Gasteiger partial charge in [0, 0.05) is 25.0 Å². The Morgan fingerprint density at radius 2 is 2.00 bits per heavy atom. The van der Waals surface area contributed by atoms with Crippen LogP contribution in [0.2, 0.25) is 0 Å². The minimum atomic E-state index is -0.0402. The minimum Gasteiger partial charge on any atom is -0.497 e. The van der Waals surface area contributed by atoms with Crippen molar-refractivity contribution in [2.45, 2.75) is 25.4 Å². The number of nitrogens with zero attached hydrogens (tertiary/aromatic N) is 2. The quantitative estimate of drug-likeness (QED) is 0.804. The number of amides is 2. The zero-order valence-electron chi connectivity index (χ0n) is 15.5. The highest BCUT2D eigenvalue weighted by Gasteiger charge is 2.25. The number of carbonyl (C=O) groups is 1. The number of carbonyl (C=O) groups excluding carboxylic acids is 1. The van der Waals surface area contributed by atoms with E-state index >= 15 is 0 Å². The van der Waals surface area contributed by atoms with Gasteiger partial charge in [-0.05, 0) is 55.1 Å². The molecular weight excluding hydrogens is 346 g/mol. The molecule has 1 unspecified atom stereocenters. The largest absolute Gasteiger partial charge is 0.497 e. The molecule has 6 heteroatoms. The highest BCUT2D eigenvalue weighted by molar-refractivity contribution is 7.10. The third kappa shape index (κ3) is 4.77. The third-order valence-corrected chi connectivity index (χ3v) is 5.80. The van der Waals surface area contributed by atoms with Crippen LogP contribution in [0.4, 0.5) is 4.79 Å². The number of likely N-dealkylation sites (tertiary alicyclic amines) is 1. The molecule has 3 rings (SSSR count). The van der Waals surface area contributed by atoms with E-state index in [0.717, 1.165) is 24.4 Å². The number of nitrogens with one attached hydrogen (secondary N) is 1. The Morgan fingerprint density at radius 3 is 2.62 bits per heavy atom. The van der Waals surface area contributed by atoms with Crippen molar-refractivity contribution in [1.82, 2.24) is 15.1 Å². The van der Waals surface area contributed by atoms with Crippen molar-refractivity contribution >= 4 is 17.4 Å². The van der Waals surface area contributed by atoms with Crippen LogP contribution in [0, 0.1) is 0 Å². The van der Waals surface area contributed by atoms with Gasteiger partial charge in [-0.15, -0.1) is 11.3 Å². The molecule has 0 aliphatic carbocycles. The van der Waals surface area contributed by atoms with Gasteiger partial charge in [-0.2, -0.15) is 0 Å². The van der Waals surface area contributed by atoms with E-state index in [9.17, 15) is 4.79 Å². The molecule has 2 aromatic rings. The van der Waals surface area contributed by atoms with E-state index in [1.54, 1.807) is 23.3 Å². The van der Waals surface area contributed by atoms with Gasteiger partial charge >= 0.3 is 6.03 Å². The van der Waals surface area contributed by atoms with Crippen LogP contribution in [0.1, 0.15) is 29.3 Å². The third-order valence-electron chi connectivity index (χ3n) is 4.83. The van der Waals surface area contributed by atoms with Gasteiger partial charge in [0.15, 0.2) is 0 Å². The lowest BCUT2D eigenvalue weighted by molar-refractivity contribution is 0.196. The van der Waals surface area contributed by atoms with Gasteiger partial charge in [0.2, 0.25) is 0 Å². The van der Waals surface area contributed by atoms with Crippen molar-refractivity contribution in [3.63, 3.8) is 0 Å². The van der Waals surface area contributed by atoms with Crippen LogP contribution in [-0.4, -0.2) is 49.6 Å². The Kier molecular flexibility index (Phi) is 6.52. The first-order valence-corrected chi connectivity index (χ1v) is 9.94. The normalized spacial score (nSPS) is 15.6. The second kappa shape index (κ2) is 9.05. The molecule has 0 saturated carbocycles. The maximum atomic E-state index is 12.5. The molecule has 1 aliphatic rings. The molecule has 140 valence electrons. The Bertz CT molecular complexity index is 682. The average Bonchev–Trinajstić information content (AvgIpc) is 3.37. The molecule has 1 saturated heterocycles. The Labute approximate surface area is 159 Å². The minimum absolute atomic E-state index is 0.0402. The van der Waals surface area contributed by atoms with Crippen LogP contribution in [0.3, 0.4) is 0 Å². The molecule has 2 amide bonds. The summed E-state index contributed by atoms with van der Waals surface area (Å²) in [6, 6.07) is 12.3. The first-order valence-electron chi connectivity index (χ1n) is 9.06. The Hall–Kier alpha value is -2.05. The fourth-order valence-corrected chi connectivity index (χ4v) is 4.20. The molecule has 2 heterocycles. The zero-order chi connectivity index (χ0) is 18.4. The number of urea groups is 1. The topological polar surface area (TPSA) is 44.8 Å². The fraction of sp³-hybridized carbons (Fsp3) is 0.450. The Balaban J connectivity index is 1.55. The number of rotatable bonds is 7. The summed E-state index contributed by atoms with van der Waals surface area (Å²) in [5.74, 6) is 0.824. The maximum Gasteiger partial charge on any atom is 0.317 e. The Morgan fingerprint density at radius 1 is 1.27 bits per heavy atom. The molecular formula is C20H27N3O2S. The van der Waals surface area contributed by atoms with Gasteiger partial charge < -0.3 is 15.0 Å². The molecule has 1 aliphatic heterocycles. The van der Waals surface area contributed by atoms with Gasteiger partial charge in [0.25, 0.3) is 0 Å². The molecule has 0 bridgehead atoms. The molecule has 5 nitrogen and oxygen atoms in total. The van der Waals surface area contributed by atoms with Crippen LogP contribution in [0.5, 0.6) is 5.75 Å². The van der Waals surface area contributed by atoms with Crippen LogP contribution >= 0.6 is 11.3 Å². The van der Waals surface area contributed by atoms with E-state index in [1.165, 1.54) is 17.7 Å². The summed E-state index contributed by atoms with van der Waals surface area (Å²) >= 11 is 1.77. The molecule has 1 aromatic heterocycles. The lowest BCUT2D eigenvalue weighted by Gasteiger charge is -2.28. The van der Waals surface area contributed by atoms with E-state index in [1.807, 2.05) is 31.3 Å². The van der Waals surface area contributed by atoms with Crippen molar-refractivity contribution in [3.05, 3.63) is 52.2 Å². The molecule has 1 N–H and O–H groups in total. The predicted octanol–water partition coefficient (Wildman–Crippen LogP) is 3.74. The summed E-state index contributed by atoms with van der Waals surface area (Å²) in [6.07, 6.45) is 2.49. The molecule has 0 radical (unpaired) electrons. The molecule has 1 fully saturated rings. The lowest BCUT2D eigenvalue weighted by Crippen LogP contribution is -2.42. The van der Waals surface area contributed by atoms with Crippen molar-refractivity contribution in [3.8, 4) is 5.75 Å². The number of hydrogen-bond acceptors (Lipinski definition) is 4. The number of thiophene rings is 1. The van der Waals surface area contributed by atoms with Crippen LogP contribution in [-0.2, 0) is 6.54 Å². The fourth-order valence-electron chi connectivity index (χ4n) is 3.34. The summed E-state index contributed by atoms with van der Waals surface area (Å²) in [6.45, 7) is 3.44. The van der Waals surface area contributed by atoms with Gasteiger partial charge in [-0.3, -0.25) is 4.90 Å². The van der Waals surface area contributed by atoms with E-state index < -0.39 is 0 Å². The average molecular weight is 374 g/mol. The van der Waals surface area contributed by atoms with E-state index in [2.05, 4.69) is 27.7 Å². The first kappa shape index (κ1) is 18.7. The summed E-state index contributed by atoms with van der Waals surface area (Å²) in [5, 5.41) is 5.22. The molecule has 1 aromatic carbocycles. The van der Waals surface area contributed by atoms with Crippen LogP contribution in [0.25, 0.3) is 0 Å². The van der Waals surface area contributed by atoms with Gasteiger partial charge in [-0.1, -0.05) is 18.2 Å². The zero-order valence-corrected chi connectivity index (χ0v) is 16.3. The summed E-state index contributed by atoms with van der Waals surface area (Å²) in [7, 11) is 3.48. The van der Waals surface area contributed by atoms with Crippen LogP contribution < -0.4 is 10.1 Å². The van der Waals surface area contributed by atoms with E-state index in [-0.39, 0.29) is 12.1 Å². The number of benzene rings is 1. The van der Waals surface area contributed by atoms with Crippen molar-refractivity contribution < 1.29 is 9.53 Å². The number of ether oxygens (including phenoxy) is 1. The smallest absolute Gasteiger partial charge is 0.317 e. The van der Waals surface area contributed by atoms with E-state index in [0.29, 0.717) is 13.1 Å². The molecule has 26 heavy (non-hydrogen) atoms. The monoisotopic (exact) mass is 373 g/mol. The van der Waals surface area contributed by atoms with Crippen molar-refractivity contribution in [2.75, 3.05) is 33.8 Å². The molecule has 0 spiro atoms. The van der Waals surface area contributed by atoms with Gasteiger partial charge in [0.1, 0.15) is 5.75 Å². The van der Waals surface area contributed by atoms with Crippen molar-refractivity contribution in [2.24, 2.45) is 0 Å². The SMILES string of the molecule is COc1ccc(CN(C)C(=O)NCC(c2cccs2)N2CCCC2)cc1. The first-order chi connectivity index (χ1) is 12.7. The van der Waals surface area contributed by atoms with E-state index in [4.69, 9.17) is 4.74 Å². The highest BCUT2D eigenvalue weighted by Crippen LogP contribution is 2.27. The summed E-state index contributed by atoms with van der Waals surface area (Å²) < 4.78 is 5.17. The van der Waals surface area contributed by atoms with Crippen molar-refractivity contribution in [1.29, 1.82) is 0 Å². The summed E-state index contributed by atoms with van der Waals surface area (Å²) in [4.78, 5) is 18.1. The standard InChI is InChI=1S/C20H27N3O2S/c1-22(15-16-7-9-17(25-2)10-8-16)20(24)21-14-18(19-6-5-13-26-19)23-11-3-4-12-23/h5-10,13,18H,3-4,11-12,14-15H2,1-2H3,(H,21,24).